The van der Waals surface area contributed by atoms with Crippen LogP contribution in [0.25, 0.3) is 0 Å². The Balaban J connectivity index is 1.73. The summed E-state index contributed by atoms with van der Waals surface area (Å²) in [6.45, 7) is 3.96. The minimum absolute atomic E-state index is 0.245. The van der Waals surface area contributed by atoms with Crippen molar-refractivity contribution in [1.29, 1.82) is 0 Å². The van der Waals surface area contributed by atoms with E-state index in [-0.39, 0.29) is 12.5 Å². The molecule has 0 aromatic heterocycles. The van der Waals surface area contributed by atoms with Gasteiger partial charge < -0.3 is 14.7 Å². The highest BCUT2D eigenvalue weighted by Crippen LogP contribution is 2.30. The van der Waals surface area contributed by atoms with E-state index >= 15 is 0 Å². The molecule has 2 aromatic carbocycles. The van der Waals surface area contributed by atoms with E-state index in [4.69, 9.17) is 4.74 Å². The highest BCUT2D eigenvalue weighted by Gasteiger charge is 2.38. The van der Waals surface area contributed by atoms with Crippen LogP contribution in [0.5, 0.6) is 0 Å². The van der Waals surface area contributed by atoms with Crippen molar-refractivity contribution in [3.63, 3.8) is 0 Å². The van der Waals surface area contributed by atoms with Gasteiger partial charge in [0.25, 0.3) is 0 Å². The fourth-order valence-corrected chi connectivity index (χ4v) is 4.16. The number of esters is 1. The fraction of sp³-hybridized carbons (Fsp3) is 0.400. The smallest absolute Gasteiger partial charge is 0.331 e. The van der Waals surface area contributed by atoms with Gasteiger partial charge in [-0.05, 0) is 49.8 Å². The summed E-state index contributed by atoms with van der Waals surface area (Å²) in [5.74, 6) is -1.83. The number of aryl methyl sites for hydroxylation is 1. The third-order valence-electron chi connectivity index (χ3n) is 5.76. The molecule has 1 heterocycles. The molecule has 0 saturated heterocycles. The molecule has 0 aliphatic carbocycles. The number of carbonyl (C=O) groups is 3. The van der Waals surface area contributed by atoms with Crippen molar-refractivity contribution >= 4 is 17.8 Å². The Hall–Kier alpha value is -3.19. The molecule has 0 spiro atoms. The molecule has 1 aliphatic heterocycles. The van der Waals surface area contributed by atoms with Gasteiger partial charge in [-0.15, -0.1) is 0 Å². The highest BCUT2D eigenvalue weighted by atomic mass is 16.5. The molecule has 3 rings (SSSR count). The molecular weight excluding hydrogens is 408 g/mol. The highest BCUT2D eigenvalue weighted by molar-refractivity contribution is 5.89. The van der Waals surface area contributed by atoms with Crippen LogP contribution in [0.3, 0.4) is 0 Å². The molecule has 2 N–H and O–H groups in total. The van der Waals surface area contributed by atoms with Crippen LogP contribution in [0.1, 0.15) is 43.0 Å². The molecule has 0 saturated carbocycles. The number of ether oxygens (including phenoxy) is 1. The van der Waals surface area contributed by atoms with E-state index in [2.05, 4.69) is 5.32 Å². The van der Waals surface area contributed by atoms with Crippen molar-refractivity contribution in [1.82, 2.24) is 10.2 Å². The quantitative estimate of drug-likeness (QED) is 0.585. The maximum Gasteiger partial charge on any atom is 0.331 e. The summed E-state index contributed by atoms with van der Waals surface area (Å²) in [6.07, 6.45) is 1.70. The van der Waals surface area contributed by atoms with E-state index in [9.17, 15) is 19.5 Å². The predicted molar refractivity (Wildman–Crippen MR) is 120 cm³/mol. The Morgan fingerprint density at radius 1 is 1.12 bits per heavy atom. The molecule has 0 bridgehead atoms. The number of aliphatic carboxylic acids is 1. The van der Waals surface area contributed by atoms with E-state index < -0.39 is 30.1 Å². The average molecular weight is 439 g/mol. The van der Waals surface area contributed by atoms with Crippen LogP contribution in [-0.4, -0.2) is 53.1 Å². The summed E-state index contributed by atoms with van der Waals surface area (Å²) >= 11 is 0. The lowest BCUT2D eigenvalue weighted by Crippen LogP contribution is -2.54. The first-order chi connectivity index (χ1) is 15.4. The number of carbonyl (C=O) groups excluding carboxylic acids is 2. The van der Waals surface area contributed by atoms with Gasteiger partial charge in [0.05, 0.1) is 12.6 Å². The molecule has 3 atom stereocenters. The predicted octanol–water partition coefficient (Wildman–Crippen LogP) is 2.74. The second-order valence-corrected chi connectivity index (χ2v) is 7.94. The Morgan fingerprint density at radius 3 is 2.50 bits per heavy atom. The van der Waals surface area contributed by atoms with E-state index in [1.807, 2.05) is 42.5 Å². The minimum atomic E-state index is -1.07. The summed E-state index contributed by atoms with van der Waals surface area (Å²) < 4.78 is 5.20. The number of hydrogen-bond donors (Lipinski definition) is 2. The zero-order valence-corrected chi connectivity index (χ0v) is 18.5. The van der Waals surface area contributed by atoms with Crippen LogP contribution in [0.2, 0.25) is 0 Å². The lowest BCUT2D eigenvalue weighted by molar-refractivity contribution is -0.153. The van der Waals surface area contributed by atoms with Gasteiger partial charge in [0.1, 0.15) is 6.04 Å². The molecule has 0 unspecified atom stereocenters. The Bertz CT molecular complexity index is 946. The number of nitrogens with one attached hydrogen (secondary N) is 1. The lowest BCUT2D eigenvalue weighted by Gasteiger charge is -2.37. The van der Waals surface area contributed by atoms with Gasteiger partial charge >= 0.3 is 11.9 Å². The number of amides is 1. The molecule has 0 radical (unpaired) electrons. The number of nitrogens with zero attached hydrogens (tertiary/aromatic N) is 1. The number of hydrogen-bond acceptors (Lipinski definition) is 5. The number of rotatable bonds is 9. The topological polar surface area (TPSA) is 95.9 Å². The monoisotopic (exact) mass is 438 g/mol. The first-order valence-electron chi connectivity index (χ1n) is 11.0. The summed E-state index contributed by atoms with van der Waals surface area (Å²) in [5, 5.41) is 12.9. The van der Waals surface area contributed by atoms with E-state index in [0.717, 1.165) is 11.1 Å². The van der Waals surface area contributed by atoms with Crippen LogP contribution < -0.4 is 5.32 Å². The van der Waals surface area contributed by atoms with Crippen molar-refractivity contribution in [3.05, 3.63) is 71.3 Å². The van der Waals surface area contributed by atoms with Crippen molar-refractivity contribution in [2.45, 2.75) is 51.2 Å². The maximum absolute atomic E-state index is 13.3. The summed E-state index contributed by atoms with van der Waals surface area (Å²) in [5.41, 5.74) is 2.66. The third kappa shape index (κ3) is 5.53. The Labute approximate surface area is 188 Å². The molecule has 1 aliphatic rings. The van der Waals surface area contributed by atoms with Crippen LogP contribution in [0.15, 0.2) is 54.6 Å². The third-order valence-corrected chi connectivity index (χ3v) is 5.76. The first kappa shape index (κ1) is 23.5. The van der Waals surface area contributed by atoms with E-state index in [0.29, 0.717) is 31.4 Å². The average Bonchev–Trinajstić information content (AvgIpc) is 2.80. The van der Waals surface area contributed by atoms with Crippen LogP contribution >= 0.6 is 0 Å². The van der Waals surface area contributed by atoms with Gasteiger partial charge in [-0.25, -0.2) is 4.79 Å². The zero-order valence-electron chi connectivity index (χ0n) is 18.5. The second-order valence-electron chi connectivity index (χ2n) is 7.94. The van der Waals surface area contributed by atoms with Crippen molar-refractivity contribution in [3.8, 4) is 0 Å². The minimum Gasteiger partial charge on any atom is -0.479 e. The molecule has 7 nitrogen and oxygen atoms in total. The van der Waals surface area contributed by atoms with Gasteiger partial charge in [0.2, 0.25) is 5.91 Å². The Morgan fingerprint density at radius 2 is 1.81 bits per heavy atom. The molecule has 7 heteroatoms. The molecule has 2 aromatic rings. The molecule has 0 fully saturated rings. The normalized spacial score (nSPS) is 17.2. The number of benzene rings is 2. The SMILES string of the molecule is CCOC(=O)[C@H](CCc1ccccc1)N[C@@H](C)C(=O)N1CCc2ccccc2[C@H]1C(=O)O. The number of carboxylic acid groups (broad SMARTS) is 1. The molecule has 1 amide bonds. The summed E-state index contributed by atoms with van der Waals surface area (Å²) in [6, 6.07) is 14.6. The van der Waals surface area contributed by atoms with Crippen molar-refractivity contribution in [2.24, 2.45) is 0 Å². The van der Waals surface area contributed by atoms with E-state index in [1.54, 1.807) is 26.0 Å². The molecular formula is C25H30N2O5. The van der Waals surface area contributed by atoms with Gasteiger partial charge in [-0.1, -0.05) is 54.6 Å². The largest absolute Gasteiger partial charge is 0.479 e. The van der Waals surface area contributed by atoms with Gasteiger partial charge in [-0.3, -0.25) is 14.9 Å². The number of carboxylic acids is 1. The Kier molecular flexibility index (Phi) is 8.00. The standard InChI is InChI=1S/C25H30N2O5/c1-3-32-25(31)21(14-13-18-9-5-4-6-10-18)26-17(2)23(28)27-16-15-19-11-7-8-12-20(19)22(27)24(29)30/h4-12,17,21-22,26H,3,13-16H2,1-2H3,(H,29,30)/t17-,21-,22-/m0/s1. The van der Waals surface area contributed by atoms with Crippen LogP contribution in [0, 0.1) is 0 Å². The molecule has 32 heavy (non-hydrogen) atoms. The van der Waals surface area contributed by atoms with Crippen LogP contribution in [-0.2, 0) is 32.0 Å². The van der Waals surface area contributed by atoms with Crippen molar-refractivity contribution < 1.29 is 24.2 Å². The fourth-order valence-electron chi connectivity index (χ4n) is 4.16. The first-order valence-corrected chi connectivity index (χ1v) is 11.0. The van der Waals surface area contributed by atoms with Gasteiger partial charge in [-0.2, -0.15) is 0 Å². The molecule has 170 valence electrons. The maximum atomic E-state index is 13.3. The summed E-state index contributed by atoms with van der Waals surface area (Å²) in [4.78, 5) is 39.2. The zero-order chi connectivity index (χ0) is 23.1. The van der Waals surface area contributed by atoms with Crippen LogP contribution in [0.4, 0.5) is 0 Å². The second kappa shape index (κ2) is 10.9. The lowest BCUT2D eigenvalue weighted by atomic mass is 9.92. The van der Waals surface area contributed by atoms with Crippen molar-refractivity contribution in [2.75, 3.05) is 13.2 Å². The number of fused-ring (bicyclic) bond motifs is 1. The summed E-state index contributed by atoms with van der Waals surface area (Å²) in [7, 11) is 0. The van der Waals surface area contributed by atoms with E-state index in [1.165, 1.54) is 4.90 Å². The van der Waals surface area contributed by atoms with Gasteiger partial charge in [0, 0.05) is 6.54 Å². The van der Waals surface area contributed by atoms with Gasteiger partial charge in [0.15, 0.2) is 6.04 Å².